The van der Waals surface area contributed by atoms with Crippen molar-refractivity contribution in [2.45, 2.75) is 33.4 Å². The molecule has 2 rings (SSSR count). The van der Waals surface area contributed by atoms with E-state index in [1.807, 2.05) is 24.6 Å². The van der Waals surface area contributed by atoms with Crippen LogP contribution in [0.2, 0.25) is 5.02 Å². The normalized spacial score (nSPS) is 10.8. The van der Waals surface area contributed by atoms with Gasteiger partial charge in [-0.1, -0.05) is 11.6 Å². The van der Waals surface area contributed by atoms with E-state index in [1.165, 1.54) is 0 Å². The van der Waals surface area contributed by atoms with Gasteiger partial charge in [-0.25, -0.2) is 0 Å². The monoisotopic (exact) mass is 295 g/mol. The number of hydrogen-bond acceptors (Lipinski definition) is 3. The van der Waals surface area contributed by atoms with Crippen molar-refractivity contribution in [1.29, 1.82) is 0 Å². The lowest BCUT2D eigenvalue weighted by molar-refractivity contribution is 0.0947. The molecule has 0 aliphatic carbocycles. The first-order valence-corrected chi connectivity index (χ1v) is 6.99. The van der Waals surface area contributed by atoms with Crippen molar-refractivity contribution in [2.24, 2.45) is 0 Å². The third kappa shape index (κ3) is 3.39. The summed E-state index contributed by atoms with van der Waals surface area (Å²) in [6, 6.07) is 1.95. The maximum atomic E-state index is 11.9. The Morgan fingerprint density at radius 2 is 2.30 bits per heavy atom. The molecule has 20 heavy (non-hydrogen) atoms. The third-order valence-electron chi connectivity index (χ3n) is 3.02. The van der Waals surface area contributed by atoms with E-state index in [1.54, 1.807) is 17.1 Å². The van der Waals surface area contributed by atoms with Crippen LogP contribution in [-0.2, 0) is 13.1 Å². The molecule has 0 spiro atoms. The van der Waals surface area contributed by atoms with E-state index >= 15 is 0 Å². The number of carbonyl (C=O) groups excluding carboxylic acids is 1. The molecule has 0 saturated carbocycles. The molecule has 2 heterocycles. The molecule has 0 bridgehead atoms. The van der Waals surface area contributed by atoms with Crippen molar-refractivity contribution < 1.29 is 4.79 Å². The fraction of sp³-hybridized carbons (Fsp3) is 0.462. The smallest absolute Gasteiger partial charge is 0.273 e. The van der Waals surface area contributed by atoms with Crippen LogP contribution in [0.4, 0.5) is 0 Å². The molecule has 1 amide bonds. The topological polar surface area (TPSA) is 64.7 Å². The summed E-state index contributed by atoms with van der Waals surface area (Å²) < 4.78 is 3.55. The van der Waals surface area contributed by atoms with Crippen LogP contribution in [0.3, 0.4) is 0 Å². The minimum atomic E-state index is -0.237. The number of rotatable bonds is 6. The molecule has 2 aromatic rings. The Labute approximate surface area is 122 Å². The third-order valence-corrected chi connectivity index (χ3v) is 3.29. The summed E-state index contributed by atoms with van der Waals surface area (Å²) in [5, 5.41) is 11.5. The highest BCUT2D eigenvalue weighted by Crippen LogP contribution is 2.13. The van der Waals surface area contributed by atoms with E-state index in [0.717, 1.165) is 18.7 Å². The van der Waals surface area contributed by atoms with Crippen molar-refractivity contribution in [2.75, 3.05) is 6.54 Å². The molecule has 0 radical (unpaired) electrons. The molecular weight excluding hydrogens is 278 g/mol. The minimum absolute atomic E-state index is 0.237. The highest BCUT2D eigenvalue weighted by molar-refractivity contribution is 6.33. The van der Waals surface area contributed by atoms with Crippen LogP contribution in [0.1, 0.15) is 29.5 Å². The second-order valence-corrected chi connectivity index (χ2v) is 4.89. The summed E-state index contributed by atoms with van der Waals surface area (Å²) in [7, 11) is 0. The number of halogens is 1. The number of nitrogens with zero attached hydrogens (tertiary/aromatic N) is 4. The number of aromatic nitrogens is 4. The standard InChI is InChI=1S/C13H18ClN5O/c1-3-18-9-11(14)12(17-18)13(20)15-6-4-8-19-10(2)5-7-16-19/h5,7,9H,3-4,6,8H2,1-2H3,(H,15,20). The van der Waals surface area contributed by atoms with E-state index in [4.69, 9.17) is 11.6 Å². The van der Waals surface area contributed by atoms with E-state index in [2.05, 4.69) is 15.5 Å². The molecule has 0 aliphatic heterocycles. The predicted molar refractivity (Wildman–Crippen MR) is 76.8 cm³/mol. The lowest BCUT2D eigenvalue weighted by atomic mass is 10.3. The summed E-state index contributed by atoms with van der Waals surface area (Å²) in [6.07, 6.45) is 4.23. The zero-order chi connectivity index (χ0) is 14.5. The SMILES string of the molecule is CCn1cc(Cl)c(C(=O)NCCCn2nccc2C)n1. The van der Waals surface area contributed by atoms with Gasteiger partial charge in [-0.05, 0) is 26.3 Å². The van der Waals surface area contributed by atoms with Crippen LogP contribution in [0.15, 0.2) is 18.5 Å². The summed E-state index contributed by atoms with van der Waals surface area (Å²) in [6.45, 7) is 5.97. The van der Waals surface area contributed by atoms with Crippen LogP contribution < -0.4 is 5.32 Å². The Morgan fingerprint density at radius 3 is 2.90 bits per heavy atom. The molecule has 1 N–H and O–H groups in total. The van der Waals surface area contributed by atoms with Crippen molar-refractivity contribution >= 4 is 17.5 Å². The van der Waals surface area contributed by atoms with Gasteiger partial charge in [0.25, 0.3) is 5.91 Å². The maximum absolute atomic E-state index is 11.9. The molecule has 6 nitrogen and oxygen atoms in total. The quantitative estimate of drug-likeness (QED) is 0.828. The first-order valence-electron chi connectivity index (χ1n) is 6.61. The number of hydrogen-bond donors (Lipinski definition) is 1. The Morgan fingerprint density at radius 1 is 1.50 bits per heavy atom. The molecule has 0 aromatic carbocycles. The van der Waals surface area contributed by atoms with Gasteiger partial charge in [-0.3, -0.25) is 14.2 Å². The van der Waals surface area contributed by atoms with E-state index in [-0.39, 0.29) is 11.6 Å². The molecule has 0 unspecified atom stereocenters. The Balaban J connectivity index is 1.80. The summed E-state index contributed by atoms with van der Waals surface area (Å²) in [5.74, 6) is -0.237. The molecule has 0 fully saturated rings. The number of nitrogens with one attached hydrogen (secondary N) is 1. The fourth-order valence-electron chi connectivity index (χ4n) is 1.86. The summed E-state index contributed by atoms with van der Waals surface area (Å²) in [5.41, 5.74) is 1.39. The van der Waals surface area contributed by atoms with Gasteiger partial charge >= 0.3 is 0 Å². The zero-order valence-corrected chi connectivity index (χ0v) is 12.4. The van der Waals surface area contributed by atoms with Crippen LogP contribution in [0, 0.1) is 6.92 Å². The molecule has 0 aliphatic rings. The average molecular weight is 296 g/mol. The highest BCUT2D eigenvalue weighted by atomic mass is 35.5. The zero-order valence-electron chi connectivity index (χ0n) is 11.6. The van der Waals surface area contributed by atoms with Gasteiger partial charge in [0.1, 0.15) is 0 Å². The fourth-order valence-corrected chi connectivity index (χ4v) is 2.10. The number of carbonyl (C=O) groups is 1. The minimum Gasteiger partial charge on any atom is -0.351 e. The van der Waals surface area contributed by atoms with Gasteiger partial charge in [-0.2, -0.15) is 10.2 Å². The van der Waals surface area contributed by atoms with E-state index in [0.29, 0.717) is 18.1 Å². The van der Waals surface area contributed by atoms with Gasteiger partial charge in [0.15, 0.2) is 5.69 Å². The molecule has 108 valence electrons. The number of amides is 1. The lowest BCUT2D eigenvalue weighted by Gasteiger charge is -2.05. The molecule has 2 aromatic heterocycles. The van der Waals surface area contributed by atoms with Crippen LogP contribution >= 0.6 is 11.6 Å². The second kappa shape index (κ2) is 6.56. The van der Waals surface area contributed by atoms with Crippen LogP contribution in [-0.4, -0.2) is 32.0 Å². The van der Waals surface area contributed by atoms with Crippen molar-refractivity contribution in [3.05, 3.63) is 34.9 Å². The van der Waals surface area contributed by atoms with Crippen LogP contribution in [0.5, 0.6) is 0 Å². The van der Waals surface area contributed by atoms with Crippen molar-refractivity contribution in [1.82, 2.24) is 24.9 Å². The van der Waals surface area contributed by atoms with Gasteiger partial charge in [0.2, 0.25) is 0 Å². The molecule has 0 saturated heterocycles. The van der Waals surface area contributed by atoms with Crippen molar-refractivity contribution in [3.8, 4) is 0 Å². The van der Waals surface area contributed by atoms with Crippen LogP contribution in [0.25, 0.3) is 0 Å². The Kier molecular flexibility index (Phi) is 4.79. The number of aryl methyl sites for hydroxylation is 3. The Hall–Kier alpha value is -1.82. The first kappa shape index (κ1) is 14.6. The maximum Gasteiger partial charge on any atom is 0.273 e. The largest absolute Gasteiger partial charge is 0.351 e. The lowest BCUT2D eigenvalue weighted by Crippen LogP contribution is -2.26. The first-order chi connectivity index (χ1) is 9.61. The van der Waals surface area contributed by atoms with Gasteiger partial charge in [-0.15, -0.1) is 0 Å². The highest BCUT2D eigenvalue weighted by Gasteiger charge is 2.14. The summed E-state index contributed by atoms with van der Waals surface area (Å²) >= 11 is 5.98. The van der Waals surface area contributed by atoms with Gasteiger partial charge in [0.05, 0.1) is 5.02 Å². The Bertz CT molecular complexity index is 589. The van der Waals surface area contributed by atoms with Gasteiger partial charge < -0.3 is 5.32 Å². The molecular formula is C13H18ClN5O. The van der Waals surface area contributed by atoms with Gasteiger partial charge in [0, 0.05) is 37.7 Å². The predicted octanol–water partition coefficient (Wildman–Crippen LogP) is 1.88. The summed E-state index contributed by atoms with van der Waals surface area (Å²) in [4.78, 5) is 11.9. The van der Waals surface area contributed by atoms with E-state index in [9.17, 15) is 4.79 Å². The van der Waals surface area contributed by atoms with Crippen molar-refractivity contribution in [3.63, 3.8) is 0 Å². The molecule has 0 atom stereocenters. The average Bonchev–Trinajstić information content (AvgIpc) is 3.00. The molecule has 7 heteroatoms. The second-order valence-electron chi connectivity index (χ2n) is 4.49. The van der Waals surface area contributed by atoms with E-state index < -0.39 is 0 Å².